The number of hydrogen-bond acceptors (Lipinski definition) is 2. The number of rotatable bonds is 1. The number of nitrogen functional groups attached to an aromatic ring is 1. The van der Waals surface area contributed by atoms with E-state index in [1.807, 2.05) is 26.0 Å². The lowest BCUT2D eigenvalue weighted by atomic mass is 9.84. The minimum absolute atomic E-state index is 0.800. The largest absolute Gasteiger partial charge is 0.399 e. The van der Waals surface area contributed by atoms with E-state index in [0.29, 0.717) is 0 Å². The van der Waals surface area contributed by atoms with Crippen LogP contribution in [0, 0.1) is 5.92 Å². The first-order valence-corrected chi connectivity index (χ1v) is 9.32. The Morgan fingerprint density at radius 1 is 0.864 bits per heavy atom. The lowest BCUT2D eigenvalue weighted by Gasteiger charge is -2.21. The quantitative estimate of drug-likeness (QED) is 0.686. The van der Waals surface area contributed by atoms with Crippen molar-refractivity contribution < 1.29 is 0 Å². The molecule has 2 heteroatoms. The molecule has 0 amide bonds. The van der Waals surface area contributed by atoms with Crippen LogP contribution in [0.2, 0.25) is 0 Å². The Bertz CT molecular complexity index is 360. The smallest absolute Gasteiger partial charge is 0.0314 e. The van der Waals surface area contributed by atoms with Gasteiger partial charge in [0.05, 0.1) is 0 Å². The van der Waals surface area contributed by atoms with Crippen LogP contribution >= 0.6 is 0 Å². The molecule has 126 valence electrons. The molecule has 3 N–H and O–H groups in total. The van der Waals surface area contributed by atoms with E-state index < -0.39 is 0 Å². The van der Waals surface area contributed by atoms with Gasteiger partial charge in [-0.25, -0.2) is 0 Å². The minimum Gasteiger partial charge on any atom is -0.399 e. The third kappa shape index (κ3) is 7.31. The van der Waals surface area contributed by atoms with Gasteiger partial charge in [0.15, 0.2) is 0 Å². The van der Waals surface area contributed by atoms with Crippen LogP contribution in [0.3, 0.4) is 0 Å². The topological polar surface area (TPSA) is 38.0 Å². The van der Waals surface area contributed by atoms with Crippen molar-refractivity contribution in [1.29, 1.82) is 0 Å². The van der Waals surface area contributed by atoms with Gasteiger partial charge in [-0.15, -0.1) is 0 Å². The van der Waals surface area contributed by atoms with Crippen LogP contribution in [0.25, 0.3) is 0 Å². The molecular formula is C20H36N2. The molecule has 1 aromatic carbocycles. The molecule has 0 unspecified atom stereocenters. The molecule has 1 aliphatic carbocycles. The van der Waals surface area contributed by atoms with Crippen LogP contribution in [0.5, 0.6) is 0 Å². The highest BCUT2D eigenvalue weighted by Crippen LogP contribution is 2.32. The summed E-state index contributed by atoms with van der Waals surface area (Å²) in [5, 5.41) is 3.32. The summed E-state index contributed by atoms with van der Waals surface area (Å²) in [6.07, 6.45) is 9.70. The average Bonchev–Trinajstić information content (AvgIpc) is 2.59. The third-order valence-electron chi connectivity index (χ3n) is 4.64. The Kier molecular flexibility index (Phi) is 9.98. The first kappa shape index (κ1) is 19.0. The van der Waals surface area contributed by atoms with Crippen LogP contribution in [-0.4, -0.2) is 13.1 Å². The van der Waals surface area contributed by atoms with E-state index in [4.69, 9.17) is 5.73 Å². The monoisotopic (exact) mass is 304 g/mol. The van der Waals surface area contributed by atoms with Gasteiger partial charge in [0.1, 0.15) is 0 Å². The maximum absolute atomic E-state index is 5.66. The first-order chi connectivity index (χ1) is 10.8. The fourth-order valence-electron chi connectivity index (χ4n) is 3.17. The summed E-state index contributed by atoms with van der Waals surface area (Å²) in [7, 11) is 0. The number of nitrogens with one attached hydrogen (secondary N) is 1. The van der Waals surface area contributed by atoms with Crippen molar-refractivity contribution in [1.82, 2.24) is 5.32 Å². The maximum atomic E-state index is 5.66. The number of anilines is 1. The zero-order valence-electron chi connectivity index (χ0n) is 14.9. The second-order valence-corrected chi connectivity index (χ2v) is 6.43. The van der Waals surface area contributed by atoms with E-state index in [0.717, 1.165) is 17.5 Å². The number of hydrogen-bond donors (Lipinski definition) is 2. The summed E-state index contributed by atoms with van der Waals surface area (Å²) in [5.41, 5.74) is 8.01. The zero-order chi connectivity index (χ0) is 16.2. The highest BCUT2D eigenvalue weighted by atomic mass is 14.9. The van der Waals surface area contributed by atoms with Gasteiger partial charge in [-0.2, -0.15) is 0 Å². The first-order valence-electron chi connectivity index (χ1n) is 9.32. The molecule has 0 spiro atoms. The summed E-state index contributed by atoms with van der Waals surface area (Å²) >= 11 is 0. The van der Waals surface area contributed by atoms with Gasteiger partial charge in [-0.1, -0.05) is 52.2 Å². The minimum atomic E-state index is 0.800. The van der Waals surface area contributed by atoms with Crippen LogP contribution in [0.1, 0.15) is 77.2 Å². The van der Waals surface area contributed by atoms with Gasteiger partial charge in [-0.05, 0) is 68.3 Å². The van der Waals surface area contributed by atoms with Crippen molar-refractivity contribution >= 4 is 5.69 Å². The summed E-state index contributed by atoms with van der Waals surface area (Å²) in [5.74, 6) is 1.77. The highest BCUT2D eigenvalue weighted by molar-refractivity contribution is 5.40. The molecule has 1 heterocycles. The van der Waals surface area contributed by atoms with Crippen molar-refractivity contribution in [3.05, 3.63) is 29.8 Å². The Hall–Kier alpha value is -1.02. The lowest BCUT2D eigenvalue weighted by Crippen LogP contribution is -2.26. The summed E-state index contributed by atoms with van der Waals surface area (Å²) < 4.78 is 0. The second-order valence-electron chi connectivity index (χ2n) is 6.43. The van der Waals surface area contributed by atoms with E-state index in [1.165, 1.54) is 63.6 Å². The van der Waals surface area contributed by atoms with Crippen molar-refractivity contribution in [2.75, 3.05) is 18.8 Å². The Morgan fingerprint density at radius 2 is 1.41 bits per heavy atom. The number of nitrogens with two attached hydrogens (primary N) is 1. The van der Waals surface area contributed by atoms with Crippen LogP contribution < -0.4 is 11.1 Å². The molecule has 0 aromatic heterocycles. The van der Waals surface area contributed by atoms with Crippen molar-refractivity contribution in [3.8, 4) is 0 Å². The molecule has 2 fully saturated rings. The van der Waals surface area contributed by atoms with Gasteiger partial charge < -0.3 is 11.1 Å². The van der Waals surface area contributed by atoms with Gasteiger partial charge >= 0.3 is 0 Å². The molecule has 2 nitrogen and oxygen atoms in total. The van der Waals surface area contributed by atoms with Gasteiger partial charge in [0, 0.05) is 5.69 Å². The van der Waals surface area contributed by atoms with Crippen LogP contribution in [0.15, 0.2) is 24.3 Å². The lowest BCUT2D eigenvalue weighted by molar-refractivity contribution is 0.402. The van der Waals surface area contributed by atoms with Gasteiger partial charge in [0.2, 0.25) is 0 Å². The summed E-state index contributed by atoms with van der Waals surface area (Å²) in [6, 6.07) is 8.41. The van der Waals surface area contributed by atoms with Gasteiger partial charge in [0.25, 0.3) is 0 Å². The predicted molar refractivity (Wildman–Crippen MR) is 99.3 cm³/mol. The Balaban J connectivity index is 0.000000228. The molecular weight excluding hydrogens is 268 g/mol. The second kappa shape index (κ2) is 11.5. The molecule has 22 heavy (non-hydrogen) atoms. The fourth-order valence-corrected chi connectivity index (χ4v) is 3.17. The van der Waals surface area contributed by atoms with E-state index >= 15 is 0 Å². The number of piperidine rings is 1. The van der Waals surface area contributed by atoms with E-state index in [-0.39, 0.29) is 0 Å². The normalized spacial score (nSPS) is 19.4. The molecule has 1 aromatic rings. The van der Waals surface area contributed by atoms with E-state index in [9.17, 15) is 0 Å². The van der Waals surface area contributed by atoms with E-state index in [1.54, 1.807) is 0 Å². The van der Waals surface area contributed by atoms with E-state index in [2.05, 4.69) is 24.4 Å². The maximum Gasteiger partial charge on any atom is 0.0314 e. The molecule has 2 aliphatic rings. The standard InChI is InChI=1S/C12H17N.C6H13N.C2H6/c13-12-8-6-11(7-9-12)10-4-2-1-3-5-10;1-6-2-4-7-5-3-6;1-2/h6-10H,1-5,13H2;6-7H,2-5H2,1H3;1-2H3. The molecule has 3 rings (SSSR count). The number of benzene rings is 1. The third-order valence-corrected chi connectivity index (χ3v) is 4.64. The van der Waals surface area contributed by atoms with Crippen LogP contribution in [-0.2, 0) is 0 Å². The van der Waals surface area contributed by atoms with Crippen molar-refractivity contribution in [3.63, 3.8) is 0 Å². The van der Waals surface area contributed by atoms with Crippen molar-refractivity contribution in [2.24, 2.45) is 5.92 Å². The molecule has 0 bridgehead atoms. The fraction of sp³-hybridized carbons (Fsp3) is 0.700. The molecule has 1 saturated heterocycles. The summed E-state index contributed by atoms with van der Waals surface area (Å²) in [4.78, 5) is 0. The Labute approximate surface area is 137 Å². The molecule has 1 saturated carbocycles. The molecule has 0 atom stereocenters. The molecule has 1 aliphatic heterocycles. The Morgan fingerprint density at radius 3 is 1.86 bits per heavy atom. The zero-order valence-corrected chi connectivity index (χ0v) is 14.9. The average molecular weight is 305 g/mol. The SMILES string of the molecule is CC.CC1CCNCC1.Nc1ccc(C2CCCCC2)cc1. The molecule has 0 radical (unpaired) electrons. The van der Waals surface area contributed by atoms with Crippen molar-refractivity contribution in [2.45, 2.75) is 71.6 Å². The highest BCUT2D eigenvalue weighted by Gasteiger charge is 2.14. The predicted octanol–water partition coefficient (Wildman–Crippen LogP) is 5.35. The van der Waals surface area contributed by atoms with Crippen LogP contribution in [0.4, 0.5) is 5.69 Å². The summed E-state index contributed by atoms with van der Waals surface area (Å²) in [6.45, 7) is 8.79. The van der Waals surface area contributed by atoms with Gasteiger partial charge in [-0.3, -0.25) is 0 Å².